The van der Waals surface area contributed by atoms with Crippen LogP contribution in [-0.4, -0.2) is 13.1 Å². The van der Waals surface area contributed by atoms with Crippen LogP contribution in [0.2, 0.25) is 0 Å². The number of carbonyl (C=O) groups excluding carboxylic acids is 1. The monoisotopic (exact) mass is 170 g/mol. The lowest BCUT2D eigenvalue weighted by molar-refractivity contribution is -0.141. The van der Waals surface area contributed by atoms with Gasteiger partial charge in [0.25, 0.3) is 0 Å². The van der Waals surface area contributed by atoms with Crippen LogP contribution >= 0.6 is 0 Å². The third-order valence-electron chi connectivity index (χ3n) is 1.68. The van der Waals surface area contributed by atoms with Crippen molar-refractivity contribution in [1.82, 2.24) is 0 Å². The molecule has 1 unspecified atom stereocenters. The molecule has 2 nitrogen and oxygen atoms in total. The summed E-state index contributed by atoms with van der Waals surface area (Å²) in [5.41, 5.74) is 0. The first-order chi connectivity index (χ1) is 5.70. The molecule has 0 fully saturated rings. The van der Waals surface area contributed by atoms with E-state index in [-0.39, 0.29) is 5.97 Å². The SMILES string of the molecule is CCC=CCC(C)CC(=O)OC. The molecule has 2 heteroatoms. The molecule has 0 aliphatic carbocycles. The minimum atomic E-state index is -0.118. The Balaban J connectivity index is 3.52. The first kappa shape index (κ1) is 11.2. The molecular weight excluding hydrogens is 152 g/mol. The largest absolute Gasteiger partial charge is 0.469 e. The van der Waals surface area contributed by atoms with Crippen molar-refractivity contribution in [3.05, 3.63) is 12.2 Å². The van der Waals surface area contributed by atoms with E-state index in [4.69, 9.17) is 0 Å². The van der Waals surface area contributed by atoms with E-state index in [0.29, 0.717) is 12.3 Å². The summed E-state index contributed by atoms with van der Waals surface area (Å²) in [6, 6.07) is 0. The van der Waals surface area contributed by atoms with Gasteiger partial charge in [0, 0.05) is 6.42 Å². The molecule has 0 aliphatic rings. The number of hydrogen-bond acceptors (Lipinski definition) is 2. The van der Waals surface area contributed by atoms with Gasteiger partial charge in [-0.1, -0.05) is 26.0 Å². The third kappa shape index (κ3) is 5.96. The summed E-state index contributed by atoms with van der Waals surface area (Å²) in [4.78, 5) is 10.8. The molecule has 0 aliphatic heterocycles. The van der Waals surface area contributed by atoms with Crippen LogP contribution in [-0.2, 0) is 9.53 Å². The second-order valence-electron chi connectivity index (χ2n) is 3.00. The standard InChI is InChI=1S/C10H18O2/c1-4-5-6-7-9(2)8-10(11)12-3/h5-6,9H,4,7-8H2,1-3H3. The van der Waals surface area contributed by atoms with E-state index in [1.807, 2.05) is 0 Å². The number of methoxy groups -OCH3 is 1. The molecule has 0 aromatic rings. The highest BCUT2D eigenvalue weighted by atomic mass is 16.5. The second-order valence-corrected chi connectivity index (χ2v) is 3.00. The number of carbonyl (C=O) groups is 1. The molecule has 1 atom stereocenters. The van der Waals surface area contributed by atoms with Crippen molar-refractivity contribution in [2.24, 2.45) is 5.92 Å². The van der Waals surface area contributed by atoms with Gasteiger partial charge in [-0.25, -0.2) is 0 Å². The smallest absolute Gasteiger partial charge is 0.305 e. The molecule has 0 saturated heterocycles. The van der Waals surface area contributed by atoms with Gasteiger partial charge in [0.15, 0.2) is 0 Å². The fourth-order valence-corrected chi connectivity index (χ4v) is 0.946. The molecule has 0 saturated carbocycles. The Morgan fingerprint density at radius 1 is 1.50 bits per heavy atom. The molecule has 0 amide bonds. The summed E-state index contributed by atoms with van der Waals surface area (Å²) < 4.78 is 4.56. The van der Waals surface area contributed by atoms with E-state index in [1.54, 1.807) is 0 Å². The van der Waals surface area contributed by atoms with Crippen LogP contribution < -0.4 is 0 Å². The lowest BCUT2D eigenvalue weighted by Crippen LogP contribution is -2.06. The lowest BCUT2D eigenvalue weighted by Gasteiger charge is -2.05. The highest BCUT2D eigenvalue weighted by Crippen LogP contribution is 2.08. The van der Waals surface area contributed by atoms with Crippen molar-refractivity contribution in [2.45, 2.75) is 33.1 Å². The Morgan fingerprint density at radius 2 is 2.17 bits per heavy atom. The number of ether oxygens (including phenoxy) is 1. The van der Waals surface area contributed by atoms with E-state index in [0.717, 1.165) is 12.8 Å². The first-order valence-corrected chi connectivity index (χ1v) is 4.42. The Kier molecular flexibility index (Phi) is 6.44. The second kappa shape index (κ2) is 6.89. The van der Waals surface area contributed by atoms with Crippen LogP contribution in [0.15, 0.2) is 12.2 Å². The van der Waals surface area contributed by atoms with Gasteiger partial charge < -0.3 is 4.74 Å². The van der Waals surface area contributed by atoms with Gasteiger partial charge in [-0.15, -0.1) is 0 Å². The van der Waals surface area contributed by atoms with E-state index in [9.17, 15) is 4.79 Å². The fraction of sp³-hybridized carbons (Fsp3) is 0.700. The maximum absolute atomic E-state index is 10.8. The zero-order valence-electron chi connectivity index (χ0n) is 8.17. The molecule has 12 heavy (non-hydrogen) atoms. The van der Waals surface area contributed by atoms with Gasteiger partial charge in [0.1, 0.15) is 0 Å². The average molecular weight is 170 g/mol. The van der Waals surface area contributed by atoms with Crippen molar-refractivity contribution in [3.8, 4) is 0 Å². The predicted octanol–water partition coefficient (Wildman–Crippen LogP) is 2.54. The number of rotatable bonds is 5. The van der Waals surface area contributed by atoms with Crippen LogP contribution in [0.1, 0.15) is 33.1 Å². The third-order valence-corrected chi connectivity index (χ3v) is 1.68. The Morgan fingerprint density at radius 3 is 2.67 bits per heavy atom. The molecule has 0 radical (unpaired) electrons. The predicted molar refractivity (Wildman–Crippen MR) is 49.8 cm³/mol. The van der Waals surface area contributed by atoms with E-state index < -0.39 is 0 Å². The molecule has 0 spiro atoms. The summed E-state index contributed by atoms with van der Waals surface area (Å²) in [5.74, 6) is 0.271. The van der Waals surface area contributed by atoms with Gasteiger partial charge in [-0.05, 0) is 18.8 Å². The minimum Gasteiger partial charge on any atom is -0.469 e. The number of hydrogen-bond donors (Lipinski definition) is 0. The summed E-state index contributed by atoms with van der Waals surface area (Å²) >= 11 is 0. The topological polar surface area (TPSA) is 26.3 Å². The first-order valence-electron chi connectivity index (χ1n) is 4.42. The van der Waals surface area contributed by atoms with Gasteiger partial charge in [0.05, 0.1) is 7.11 Å². The molecule has 0 rings (SSSR count). The molecule has 0 N–H and O–H groups in total. The highest BCUT2D eigenvalue weighted by molar-refractivity contribution is 5.69. The van der Waals surface area contributed by atoms with Crippen molar-refractivity contribution in [2.75, 3.05) is 7.11 Å². The van der Waals surface area contributed by atoms with Gasteiger partial charge in [-0.3, -0.25) is 4.79 Å². The van der Waals surface area contributed by atoms with Crippen LogP contribution in [0, 0.1) is 5.92 Å². The molecule has 0 heterocycles. The molecule has 0 aromatic carbocycles. The maximum atomic E-state index is 10.8. The quantitative estimate of drug-likeness (QED) is 0.468. The van der Waals surface area contributed by atoms with Crippen LogP contribution in [0.25, 0.3) is 0 Å². The number of allylic oxidation sites excluding steroid dienone is 2. The zero-order chi connectivity index (χ0) is 9.40. The zero-order valence-corrected chi connectivity index (χ0v) is 8.17. The van der Waals surface area contributed by atoms with Gasteiger partial charge >= 0.3 is 5.97 Å². The van der Waals surface area contributed by atoms with Crippen molar-refractivity contribution in [1.29, 1.82) is 0 Å². The van der Waals surface area contributed by atoms with E-state index in [1.165, 1.54) is 7.11 Å². The summed E-state index contributed by atoms with van der Waals surface area (Å²) in [7, 11) is 1.43. The summed E-state index contributed by atoms with van der Waals surface area (Å²) in [6.07, 6.45) is 6.78. The van der Waals surface area contributed by atoms with Crippen molar-refractivity contribution in [3.63, 3.8) is 0 Å². The molecular formula is C10H18O2. The molecule has 70 valence electrons. The number of esters is 1. The average Bonchev–Trinajstić information content (AvgIpc) is 2.05. The normalized spacial score (nSPS) is 13.2. The van der Waals surface area contributed by atoms with Gasteiger partial charge in [0.2, 0.25) is 0 Å². The Bertz CT molecular complexity index is 150. The van der Waals surface area contributed by atoms with Crippen molar-refractivity contribution >= 4 is 5.97 Å². The van der Waals surface area contributed by atoms with Crippen LogP contribution in [0.3, 0.4) is 0 Å². The maximum Gasteiger partial charge on any atom is 0.305 e. The van der Waals surface area contributed by atoms with Crippen molar-refractivity contribution < 1.29 is 9.53 Å². The van der Waals surface area contributed by atoms with Crippen LogP contribution in [0.4, 0.5) is 0 Å². The Hall–Kier alpha value is -0.790. The molecule has 0 bridgehead atoms. The van der Waals surface area contributed by atoms with Crippen LogP contribution in [0.5, 0.6) is 0 Å². The molecule has 0 aromatic heterocycles. The summed E-state index contributed by atoms with van der Waals surface area (Å²) in [5, 5.41) is 0. The summed E-state index contributed by atoms with van der Waals surface area (Å²) in [6.45, 7) is 4.15. The minimum absolute atomic E-state index is 0.118. The van der Waals surface area contributed by atoms with E-state index >= 15 is 0 Å². The highest BCUT2D eigenvalue weighted by Gasteiger charge is 2.06. The lowest BCUT2D eigenvalue weighted by atomic mass is 10.0. The van der Waals surface area contributed by atoms with Gasteiger partial charge in [-0.2, -0.15) is 0 Å². The van der Waals surface area contributed by atoms with E-state index in [2.05, 4.69) is 30.7 Å². The Labute approximate surface area is 74.6 Å². The fourth-order valence-electron chi connectivity index (χ4n) is 0.946.